The first-order valence-corrected chi connectivity index (χ1v) is 14.9. The van der Waals surface area contributed by atoms with Crippen LogP contribution in [0.3, 0.4) is 0 Å². The number of rotatable bonds is 6. The van der Waals surface area contributed by atoms with E-state index < -0.39 is 0 Å². The molecule has 0 aliphatic carbocycles. The first-order chi connectivity index (χ1) is 19.1. The van der Waals surface area contributed by atoms with Crippen LogP contribution in [0.2, 0.25) is 0 Å². The maximum atomic E-state index is 13.5. The molecular formula is C33H30IN3OS2. The Hall–Kier alpha value is -3.27. The molecule has 1 aliphatic rings. The Kier molecular flexibility index (Phi) is 8.54. The van der Waals surface area contributed by atoms with E-state index in [1.165, 1.54) is 43.6 Å². The third kappa shape index (κ3) is 5.02. The molecule has 0 unspecified atom stereocenters. The van der Waals surface area contributed by atoms with Gasteiger partial charge in [0, 0.05) is 42.0 Å². The average molecular weight is 676 g/mol. The van der Waals surface area contributed by atoms with Gasteiger partial charge in [-0.25, -0.2) is 0 Å². The van der Waals surface area contributed by atoms with Crippen LogP contribution in [0.4, 0.5) is 5.69 Å². The third-order valence-corrected chi connectivity index (χ3v) is 9.41. The summed E-state index contributed by atoms with van der Waals surface area (Å²) in [5, 5.41) is 3.64. The molecule has 0 bridgehead atoms. The number of nitrogens with zero attached hydrogens (tertiary/aromatic N) is 3. The van der Waals surface area contributed by atoms with E-state index in [-0.39, 0.29) is 29.5 Å². The fourth-order valence-corrected chi connectivity index (χ4v) is 7.59. The highest BCUT2D eigenvalue weighted by Crippen LogP contribution is 2.32. The van der Waals surface area contributed by atoms with Gasteiger partial charge in [-0.05, 0) is 49.1 Å². The first-order valence-electron chi connectivity index (χ1n) is 13.3. The number of allylic oxidation sites excluding steroid dienone is 4. The van der Waals surface area contributed by atoms with Crippen molar-refractivity contribution >= 4 is 67.1 Å². The second-order valence-corrected chi connectivity index (χ2v) is 11.5. The van der Waals surface area contributed by atoms with Crippen molar-refractivity contribution in [2.75, 3.05) is 11.4 Å². The summed E-state index contributed by atoms with van der Waals surface area (Å²) in [6.07, 6.45) is 12.2. The van der Waals surface area contributed by atoms with Gasteiger partial charge in [0.1, 0.15) is 15.9 Å². The highest BCUT2D eigenvalue weighted by Gasteiger charge is 2.20. The van der Waals surface area contributed by atoms with Gasteiger partial charge in [0.15, 0.2) is 0 Å². The molecule has 0 radical (unpaired) electrons. The molecule has 0 fully saturated rings. The Morgan fingerprint density at radius 1 is 0.975 bits per heavy atom. The topological polar surface area (TPSA) is 29.1 Å². The van der Waals surface area contributed by atoms with Gasteiger partial charge >= 0.3 is 0 Å². The lowest BCUT2D eigenvalue weighted by Gasteiger charge is -2.26. The lowest BCUT2D eigenvalue weighted by molar-refractivity contribution is -0.665. The van der Waals surface area contributed by atoms with E-state index in [0.29, 0.717) is 11.1 Å². The van der Waals surface area contributed by atoms with Crippen molar-refractivity contribution in [3.05, 3.63) is 122 Å². The van der Waals surface area contributed by atoms with Crippen molar-refractivity contribution in [1.82, 2.24) is 4.57 Å². The van der Waals surface area contributed by atoms with E-state index in [9.17, 15) is 4.79 Å². The van der Waals surface area contributed by atoms with Gasteiger partial charge in [-0.2, -0.15) is 4.57 Å². The molecule has 0 amide bonds. The Bertz CT molecular complexity index is 1980. The molecule has 4 nitrogen and oxygen atoms in total. The largest absolute Gasteiger partial charge is 1.00 e. The number of para-hydroxylation sites is 1. The number of anilines is 1. The summed E-state index contributed by atoms with van der Waals surface area (Å²) < 4.78 is 7.08. The zero-order chi connectivity index (χ0) is 26.9. The Labute approximate surface area is 258 Å². The van der Waals surface area contributed by atoms with E-state index in [1.54, 1.807) is 17.4 Å². The van der Waals surface area contributed by atoms with Crippen LogP contribution in [-0.2, 0) is 13.1 Å². The average Bonchev–Trinajstić information content (AvgIpc) is 3.48. The van der Waals surface area contributed by atoms with E-state index in [4.69, 9.17) is 0 Å². The lowest BCUT2D eigenvalue weighted by Crippen LogP contribution is -3.00. The number of halogens is 1. The van der Waals surface area contributed by atoms with Crippen molar-refractivity contribution in [2.24, 2.45) is 0 Å². The predicted molar refractivity (Wildman–Crippen MR) is 168 cm³/mol. The van der Waals surface area contributed by atoms with E-state index in [2.05, 4.69) is 115 Å². The number of aryl methyl sites for hydroxylation is 1. The summed E-state index contributed by atoms with van der Waals surface area (Å²) in [6.45, 7) is 10.5. The Morgan fingerprint density at radius 3 is 2.58 bits per heavy atom. The first kappa shape index (κ1) is 28.3. The minimum Gasteiger partial charge on any atom is -1.00 e. The normalized spacial score (nSPS) is 14.8. The van der Waals surface area contributed by atoms with Gasteiger partial charge in [0.2, 0.25) is 5.52 Å². The number of thiazole rings is 2. The van der Waals surface area contributed by atoms with Crippen LogP contribution >= 0.6 is 22.7 Å². The smallest absolute Gasteiger partial charge is 0.269 e. The monoisotopic (exact) mass is 675 g/mol. The minimum atomic E-state index is 0. The molecule has 0 saturated carbocycles. The molecule has 0 spiro atoms. The molecule has 0 saturated heterocycles. The lowest BCUT2D eigenvalue weighted by atomic mass is 9.99. The zero-order valence-corrected chi connectivity index (χ0v) is 26.3. The molecule has 6 rings (SSSR count). The molecule has 3 heterocycles. The molecule has 3 aromatic carbocycles. The predicted octanol–water partition coefficient (Wildman–Crippen LogP) is 2.82. The van der Waals surface area contributed by atoms with Crippen molar-refractivity contribution in [1.29, 1.82) is 0 Å². The summed E-state index contributed by atoms with van der Waals surface area (Å²) in [5.41, 5.74) is 4.70. The third-order valence-electron chi connectivity index (χ3n) is 7.15. The highest BCUT2D eigenvalue weighted by atomic mass is 127. The number of hydrogen-bond acceptors (Lipinski definition) is 4. The van der Waals surface area contributed by atoms with Crippen LogP contribution in [0.15, 0.2) is 96.5 Å². The van der Waals surface area contributed by atoms with Gasteiger partial charge < -0.3 is 28.9 Å². The molecule has 40 heavy (non-hydrogen) atoms. The van der Waals surface area contributed by atoms with Crippen LogP contribution in [-0.4, -0.2) is 11.1 Å². The summed E-state index contributed by atoms with van der Waals surface area (Å²) in [6, 6.07) is 21.3. The Balaban J connectivity index is 0.00000323. The molecule has 202 valence electrons. The summed E-state index contributed by atoms with van der Waals surface area (Å²) in [5.74, 6) is 0. The number of hydrogen-bond donors (Lipinski definition) is 0. The molecule has 2 aromatic heterocycles. The second-order valence-electron chi connectivity index (χ2n) is 9.38. The number of benzene rings is 3. The fraction of sp³-hybridized carbons (Fsp3) is 0.152. The summed E-state index contributed by atoms with van der Waals surface area (Å²) >= 11 is 3.32. The van der Waals surface area contributed by atoms with Gasteiger partial charge in [-0.15, -0.1) is 17.9 Å². The van der Waals surface area contributed by atoms with Gasteiger partial charge in [-0.3, -0.25) is 9.36 Å². The van der Waals surface area contributed by atoms with Gasteiger partial charge in [0.05, 0.1) is 10.6 Å². The maximum Gasteiger partial charge on any atom is 0.269 e. The van der Waals surface area contributed by atoms with Crippen LogP contribution < -0.4 is 48.2 Å². The van der Waals surface area contributed by atoms with Crippen molar-refractivity contribution in [3.63, 3.8) is 0 Å². The van der Waals surface area contributed by atoms with E-state index in [1.807, 2.05) is 10.6 Å². The fourth-order valence-electron chi connectivity index (χ4n) is 5.22. The van der Waals surface area contributed by atoms with Crippen molar-refractivity contribution < 1.29 is 28.5 Å². The van der Waals surface area contributed by atoms with Crippen LogP contribution in [0, 0.1) is 0 Å². The highest BCUT2D eigenvalue weighted by molar-refractivity contribution is 7.20. The van der Waals surface area contributed by atoms with Crippen LogP contribution in [0.1, 0.15) is 24.4 Å². The van der Waals surface area contributed by atoms with Crippen molar-refractivity contribution in [2.45, 2.75) is 26.9 Å². The van der Waals surface area contributed by atoms with Gasteiger partial charge in [-0.1, -0.05) is 66.0 Å². The quantitative estimate of drug-likeness (QED) is 0.158. The van der Waals surface area contributed by atoms with Crippen molar-refractivity contribution in [3.8, 4) is 0 Å². The summed E-state index contributed by atoms with van der Waals surface area (Å²) in [4.78, 5) is 15.7. The molecule has 5 aromatic rings. The second kappa shape index (κ2) is 12.1. The molecule has 0 N–H and O–H groups in total. The molecule has 0 atom stereocenters. The number of fused-ring (bicyclic) bond motifs is 4. The Morgan fingerprint density at radius 2 is 1.77 bits per heavy atom. The molecule has 1 aliphatic heterocycles. The van der Waals surface area contributed by atoms with Gasteiger partial charge in [0.25, 0.3) is 10.6 Å². The van der Waals surface area contributed by atoms with E-state index >= 15 is 0 Å². The summed E-state index contributed by atoms with van der Waals surface area (Å²) in [7, 11) is 0. The van der Waals surface area contributed by atoms with E-state index in [0.717, 1.165) is 28.3 Å². The standard InChI is InChI=1S/C33H30N3OS2.HI/c1-4-20-36-31(22-30-35(6-3)28-17-15-23-11-7-8-13-26(23)32(28)39-30)38-29(33(36)37)18-16-24-19-21-34(5-2)27-14-10-9-12-25(24)27;/h4,7-19,21-22H,1,5-6,20H2,2-3H3;1H/q+1;/p-1/b24-16+,29-18?;. The minimum absolute atomic E-state index is 0. The maximum absolute atomic E-state index is 13.5. The molecular weight excluding hydrogens is 645 g/mol. The molecule has 7 heteroatoms. The SMILES string of the molecule is C=CCn1c(=Cc2sc3c4ccccc4ccc3[n+]2CC)sc(=C/C=C2\C=CN(CC)c3ccccc32)c1=O.[I-]. The zero-order valence-electron chi connectivity index (χ0n) is 22.5. The van der Waals surface area contributed by atoms with Crippen LogP contribution in [0.5, 0.6) is 0 Å². The number of aromatic nitrogens is 2. The van der Waals surface area contributed by atoms with Crippen LogP contribution in [0.25, 0.3) is 38.7 Å².